The van der Waals surface area contributed by atoms with E-state index < -0.39 is 19.7 Å². The lowest BCUT2D eigenvalue weighted by Gasteiger charge is -2.14. The van der Waals surface area contributed by atoms with Gasteiger partial charge in [0.1, 0.15) is 12.1 Å². The molecule has 126 valence electrons. The van der Waals surface area contributed by atoms with Crippen molar-refractivity contribution in [2.45, 2.75) is 24.9 Å². The van der Waals surface area contributed by atoms with Crippen molar-refractivity contribution in [3.63, 3.8) is 0 Å². The Morgan fingerprint density at radius 3 is 2.58 bits per heavy atom. The van der Waals surface area contributed by atoms with E-state index in [1.807, 2.05) is 37.0 Å². The Balaban J connectivity index is 1.93. The molecule has 0 saturated carbocycles. The molecular weight excluding hydrogens is 390 g/mol. The van der Waals surface area contributed by atoms with Crippen LogP contribution in [0.2, 0.25) is 0 Å². The molecule has 0 aliphatic carbocycles. The Hall–Kier alpha value is -1.38. The Bertz CT molecular complexity index is 706. The Labute approximate surface area is 151 Å². The van der Waals surface area contributed by atoms with Gasteiger partial charge in [-0.25, -0.2) is 4.39 Å². The minimum absolute atomic E-state index is 0.193. The van der Waals surface area contributed by atoms with Crippen LogP contribution in [-0.4, -0.2) is 18.5 Å². The van der Waals surface area contributed by atoms with Gasteiger partial charge in [0, 0.05) is 12.3 Å². The molecule has 0 fully saturated rings. The molecule has 2 unspecified atom stereocenters. The number of hydrogen-bond acceptors (Lipinski definition) is 2. The van der Waals surface area contributed by atoms with Gasteiger partial charge in [0.15, 0.2) is 5.52 Å². The largest absolute Gasteiger partial charge is 0.303 e. The topological polar surface area (TPSA) is 34.1 Å². The van der Waals surface area contributed by atoms with Gasteiger partial charge in [-0.2, -0.15) is 0 Å². The van der Waals surface area contributed by atoms with E-state index in [2.05, 4.69) is 15.9 Å². The van der Waals surface area contributed by atoms with Crippen molar-refractivity contribution < 1.29 is 14.0 Å². The molecule has 0 bridgehead atoms. The molecule has 0 aliphatic heterocycles. The molecule has 0 heterocycles. The molecule has 0 radical (unpaired) electrons. The molecular formula is C19H19BrFO2P. The maximum atomic E-state index is 13.6. The standard InChI is InChI=1S/C19H19BrFO2P/c1-24(13-14-5-3-2-4-6-14)19(23)10-8-16(12-22)15-7-9-17(20)18(21)11-15/h2-7,9,11-12,16H,8,10,13H2,1H3. The van der Waals surface area contributed by atoms with Gasteiger partial charge in [-0.05, 0) is 66.4 Å². The van der Waals surface area contributed by atoms with E-state index in [1.54, 1.807) is 12.1 Å². The fraction of sp³-hybridized carbons (Fsp3) is 0.263. The molecule has 2 aromatic rings. The molecule has 24 heavy (non-hydrogen) atoms. The summed E-state index contributed by atoms with van der Waals surface area (Å²) in [5.41, 5.74) is 1.96. The first-order valence-corrected chi connectivity index (χ1v) is 10.5. The van der Waals surface area contributed by atoms with Crippen LogP contribution in [0.3, 0.4) is 0 Å². The Morgan fingerprint density at radius 1 is 1.25 bits per heavy atom. The maximum absolute atomic E-state index is 13.6. The van der Waals surface area contributed by atoms with Crippen LogP contribution in [0.1, 0.15) is 29.9 Å². The van der Waals surface area contributed by atoms with Crippen LogP contribution in [0.5, 0.6) is 0 Å². The molecule has 5 heteroatoms. The summed E-state index contributed by atoms with van der Waals surface area (Å²) in [7, 11) is -0.770. The summed E-state index contributed by atoms with van der Waals surface area (Å²) in [4.78, 5) is 23.7. The summed E-state index contributed by atoms with van der Waals surface area (Å²) in [5, 5.41) is 0. The number of carbonyl (C=O) groups excluding carboxylic acids is 2. The first-order valence-electron chi connectivity index (χ1n) is 7.69. The molecule has 0 spiro atoms. The van der Waals surface area contributed by atoms with Crippen LogP contribution >= 0.6 is 23.9 Å². The number of carbonyl (C=O) groups is 2. The van der Waals surface area contributed by atoms with Crippen molar-refractivity contribution in [2.24, 2.45) is 0 Å². The summed E-state index contributed by atoms with van der Waals surface area (Å²) in [6, 6.07) is 14.6. The van der Waals surface area contributed by atoms with E-state index in [9.17, 15) is 14.0 Å². The van der Waals surface area contributed by atoms with E-state index >= 15 is 0 Å². The third-order valence-corrected chi connectivity index (χ3v) is 6.45. The lowest BCUT2D eigenvalue weighted by atomic mass is 9.96. The second-order valence-electron chi connectivity index (χ2n) is 5.69. The van der Waals surface area contributed by atoms with Crippen LogP contribution in [-0.2, 0) is 15.8 Å². The minimum atomic E-state index is -0.770. The van der Waals surface area contributed by atoms with Gasteiger partial charge in [0.25, 0.3) is 0 Å². The highest BCUT2D eigenvalue weighted by molar-refractivity contribution is 9.10. The van der Waals surface area contributed by atoms with E-state index in [1.165, 1.54) is 6.07 Å². The maximum Gasteiger partial charge on any atom is 0.154 e. The van der Waals surface area contributed by atoms with Gasteiger partial charge in [-0.15, -0.1) is 0 Å². The van der Waals surface area contributed by atoms with Crippen molar-refractivity contribution in [1.82, 2.24) is 0 Å². The first-order chi connectivity index (χ1) is 11.5. The zero-order valence-corrected chi connectivity index (χ0v) is 15.9. The van der Waals surface area contributed by atoms with Crippen molar-refractivity contribution in [3.8, 4) is 0 Å². The predicted molar refractivity (Wildman–Crippen MR) is 100 cm³/mol. The van der Waals surface area contributed by atoms with Gasteiger partial charge >= 0.3 is 0 Å². The zero-order chi connectivity index (χ0) is 17.5. The van der Waals surface area contributed by atoms with E-state index in [0.29, 0.717) is 22.9 Å². The highest BCUT2D eigenvalue weighted by Gasteiger charge is 2.18. The van der Waals surface area contributed by atoms with Crippen LogP contribution in [0.25, 0.3) is 0 Å². The summed E-state index contributed by atoms with van der Waals surface area (Å²) in [6.45, 7) is 1.97. The third kappa shape index (κ3) is 5.32. The smallest absolute Gasteiger partial charge is 0.154 e. The number of benzene rings is 2. The second kappa shape index (κ2) is 9.19. The Morgan fingerprint density at radius 2 is 1.96 bits per heavy atom. The molecule has 2 atom stereocenters. The molecule has 0 aromatic heterocycles. The average molecular weight is 409 g/mol. The van der Waals surface area contributed by atoms with Crippen LogP contribution in [0.15, 0.2) is 53.0 Å². The molecule has 2 nitrogen and oxygen atoms in total. The third-order valence-electron chi connectivity index (χ3n) is 3.89. The lowest BCUT2D eigenvalue weighted by molar-refractivity contribution is -0.112. The molecule has 0 N–H and O–H groups in total. The highest BCUT2D eigenvalue weighted by Crippen LogP contribution is 2.38. The van der Waals surface area contributed by atoms with Gasteiger partial charge in [-0.3, -0.25) is 4.79 Å². The number of aldehydes is 1. The molecule has 0 saturated heterocycles. The van der Waals surface area contributed by atoms with Crippen LogP contribution in [0.4, 0.5) is 4.39 Å². The highest BCUT2D eigenvalue weighted by atomic mass is 79.9. The molecule has 0 aliphatic rings. The quantitative estimate of drug-likeness (QED) is 0.427. The van der Waals surface area contributed by atoms with E-state index in [-0.39, 0.29) is 5.52 Å². The summed E-state index contributed by atoms with van der Waals surface area (Å²) in [6.07, 6.45) is 2.32. The van der Waals surface area contributed by atoms with Gasteiger partial charge in [0.2, 0.25) is 0 Å². The number of hydrogen-bond donors (Lipinski definition) is 0. The monoisotopic (exact) mass is 408 g/mol. The predicted octanol–water partition coefficient (Wildman–Crippen LogP) is 5.49. The van der Waals surface area contributed by atoms with Gasteiger partial charge in [0.05, 0.1) is 4.47 Å². The SMILES string of the molecule is CP(Cc1ccccc1)C(=O)CCC(C=O)c1ccc(Br)c(F)c1. The van der Waals surface area contributed by atoms with Gasteiger partial charge < -0.3 is 4.79 Å². The fourth-order valence-corrected chi connectivity index (χ4v) is 4.16. The minimum Gasteiger partial charge on any atom is -0.303 e. The number of rotatable bonds is 8. The molecule has 0 amide bonds. The summed E-state index contributed by atoms with van der Waals surface area (Å²) < 4.78 is 14.0. The van der Waals surface area contributed by atoms with Crippen LogP contribution in [0, 0.1) is 5.82 Å². The molecule has 2 rings (SSSR count). The number of halogens is 2. The Kier molecular flexibility index (Phi) is 7.26. The van der Waals surface area contributed by atoms with Crippen molar-refractivity contribution in [1.29, 1.82) is 0 Å². The normalized spacial score (nSPS) is 13.3. The van der Waals surface area contributed by atoms with Gasteiger partial charge in [-0.1, -0.05) is 36.4 Å². The molecule has 2 aromatic carbocycles. The lowest BCUT2D eigenvalue weighted by Crippen LogP contribution is -2.05. The van der Waals surface area contributed by atoms with E-state index in [4.69, 9.17) is 0 Å². The first kappa shape index (κ1) is 19.0. The van der Waals surface area contributed by atoms with Crippen molar-refractivity contribution >= 4 is 35.7 Å². The summed E-state index contributed by atoms with van der Waals surface area (Å²) >= 11 is 3.10. The van der Waals surface area contributed by atoms with Crippen LogP contribution < -0.4 is 0 Å². The van der Waals surface area contributed by atoms with Crippen molar-refractivity contribution in [2.75, 3.05) is 6.66 Å². The zero-order valence-electron chi connectivity index (χ0n) is 13.4. The second-order valence-corrected chi connectivity index (χ2v) is 8.76. The fourth-order valence-electron chi connectivity index (χ4n) is 2.47. The average Bonchev–Trinajstić information content (AvgIpc) is 2.59. The van der Waals surface area contributed by atoms with E-state index in [0.717, 1.165) is 18.0 Å². The van der Waals surface area contributed by atoms with Crippen molar-refractivity contribution in [3.05, 3.63) is 69.9 Å². The summed E-state index contributed by atoms with van der Waals surface area (Å²) in [5.74, 6) is -0.843.